The minimum absolute atomic E-state index is 0.00363. The van der Waals surface area contributed by atoms with Crippen molar-refractivity contribution in [3.63, 3.8) is 0 Å². The molecular formula is C46H48F3N7O8S. The smallest absolute Gasteiger partial charge is 0.301 e. The maximum Gasteiger partial charge on any atom is 0.301 e. The summed E-state index contributed by atoms with van der Waals surface area (Å²) in [5.74, 6) is -4.55. The fourth-order valence-corrected chi connectivity index (χ4v) is 10.5. The van der Waals surface area contributed by atoms with Crippen LogP contribution in [0.15, 0.2) is 84.6 Å². The number of hydrogen-bond donors (Lipinski definition) is 3. The van der Waals surface area contributed by atoms with Crippen LogP contribution in [0.25, 0.3) is 22.2 Å². The molecule has 2 aromatic heterocycles. The highest BCUT2D eigenvalue weighted by Gasteiger charge is 2.46. The van der Waals surface area contributed by atoms with E-state index in [2.05, 4.69) is 24.9 Å². The Balaban J connectivity index is 0.761. The number of anilines is 1. The maximum absolute atomic E-state index is 16.0. The number of aromatic nitrogens is 2. The van der Waals surface area contributed by atoms with Crippen molar-refractivity contribution in [3.8, 4) is 16.9 Å². The van der Waals surface area contributed by atoms with Gasteiger partial charge in [-0.25, -0.2) is 18.2 Å². The van der Waals surface area contributed by atoms with Crippen molar-refractivity contribution in [2.24, 2.45) is 5.92 Å². The standard InChI is InChI=1S/C46H48F3N7O8S/c1-46(49)15-11-37(53-65(61,62)55-18-12-30(47)26-55)41(48)40(46)42(58)36-24-51-43-35(36)22-28(23-50-43)27-3-5-31(6-4-27)54-16-13-32(14-17-54)63-19-2-20-64-33-7-8-34-29(21-33)25-56(45(34)60)38-9-10-39(57)52-44(38)59/h3-8,11,15,21-24,30,32,38,40,53H,2,9-10,12-14,16-20,25-26H2,1H3,(H,50,51)(H,52,57,59)/t30-,38?,40?,46?/m1/s1. The van der Waals surface area contributed by atoms with Crippen molar-refractivity contribution < 1.29 is 50.2 Å². The van der Waals surface area contributed by atoms with Gasteiger partial charge >= 0.3 is 10.2 Å². The first kappa shape index (κ1) is 44.2. The molecule has 5 aliphatic rings. The summed E-state index contributed by atoms with van der Waals surface area (Å²) in [7, 11) is -4.36. The molecule has 4 aromatic rings. The predicted octanol–water partition coefficient (Wildman–Crippen LogP) is 5.60. The predicted molar refractivity (Wildman–Crippen MR) is 233 cm³/mol. The molecule has 19 heteroatoms. The molecule has 3 unspecified atom stereocenters. The molecule has 3 N–H and O–H groups in total. The van der Waals surface area contributed by atoms with E-state index < -0.39 is 57.2 Å². The third kappa shape index (κ3) is 9.00. The number of allylic oxidation sites excluding steroid dienone is 3. The normalized spacial score (nSPS) is 24.2. The zero-order valence-corrected chi connectivity index (χ0v) is 36.3. The number of aromatic amines is 1. The lowest BCUT2D eigenvalue weighted by Crippen LogP contribution is -2.52. The summed E-state index contributed by atoms with van der Waals surface area (Å²) in [5.41, 5.74) is 1.07. The van der Waals surface area contributed by atoms with Crippen LogP contribution in [0, 0.1) is 5.92 Å². The number of ketones is 1. The minimum atomic E-state index is -4.36. The van der Waals surface area contributed by atoms with Crippen molar-refractivity contribution in [1.82, 2.24) is 29.2 Å². The number of alkyl halides is 2. The van der Waals surface area contributed by atoms with Crippen LogP contribution in [0.1, 0.15) is 71.7 Å². The van der Waals surface area contributed by atoms with E-state index in [1.54, 1.807) is 24.4 Å². The molecule has 3 amide bonds. The van der Waals surface area contributed by atoms with Gasteiger partial charge in [-0.2, -0.15) is 12.7 Å². The first-order valence-electron chi connectivity index (χ1n) is 21.7. The third-order valence-electron chi connectivity index (χ3n) is 12.8. The zero-order valence-electron chi connectivity index (χ0n) is 35.5. The van der Waals surface area contributed by atoms with Gasteiger partial charge in [0.2, 0.25) is 11.8 Å². The molecule has 342 valence electrons. The van der Waals surface area contributed by atoms with Crippen LogP contribution in [0.2, 0.25) is 0 Å². The Bertz CT molecular complexity index is 2720. The second kappa shape index (κ2) is 17.7. The van der Waals surface area contributed by atoms with Gasteiger partial charge < -0.3 is 24.3 Å². The first-order valence-corrected chi connectivity index (χ1v) is 23.2. The summed E-state index contributed by atoms with van der Waals surface area (Å²) in [4.78, 5) is 62.0. The van der Waals surface area contributed by atoms with Gasteiger partial charge in [0.25, 0.3) is 5.91 Å². The van der Waals surface area contributed by atoms with Gasteiger partial charge in [0.05, 0.1) is 25.0 Å². The molecule has 4 atom stereocenters. The Labute approximate surface area is 373 Å². The van der Waals surface area contributed by atoms with E-state index in [1.807, 2.05) is 30.3 Å². The molecule has 0 bridgehead atoms. The summed E-state index contributed by atoms with van der Waals surface area (Å²) in [5, 5.41) is 2.66. The Morgan fingerprint density at radius 3 is 2.52 bits per heavy atom. The van der Waals surface area contributed by atoms with Crippen LogP contribution in [-0.2, 0) is 31.1 Å². The van der Waals surface area contributed by atoms with Crippen molar-refractivity contribution >= 4 is 50.4 Å². The van der Waals surface area contributed by atoms with Crippen LogP contribution >= 0.6 is 0 Å². The number of carbonyl (C=O) groups excluding carboxylic acids is 4. The second-order valence-electron chi connectivity index (χ2n) is 17.2. The van der Waals surface area contributed by atoms with Crippen LogP contribution in [0.3, 0.4) is 0 Å². The van der Waals surface area contributed by atoms with E-state index in [0.717, 1.165) is 66.1 Å². The van der Waals surface area contributed by atoms with E-state index in [1.165, 1.54) is 11.1 Å². The van der Waals surface area contributed by atoms with Crippen LogP contribution in [0.5, 0.6) is 5.75 Å². The largest absolute Gasteiger partial charge is 0.493 e. The Morgan fingerprint density at radius 1 is 1.00 bits per heavy atom. The van der Waals surface area contributed by atoms with Gasteiger partial charge in [-0.1, -0.05) is 12.1 Å². The summed E-state index contributed by atoms with van der Waals surface area (Å²) >= 11 is 0. The average Bonchev–Trinajstić information content (AvgIpc) is 4.01. The number of nitrogens with one attached hydrogen (secondary N) is 3. The lowest BCUT2D eigenvalue weighted by molar-refractivity contribution is -0.136. The molecule has 4 aliphatic heterocycles. The fourth-order valence-electron chi connectivity index (χ4n) is 9.19. The number of halogens is 3. The first-order chi connectivity index (χ1) is 31.1. The quantitative estimate of drug-likeness (QED) is 0.0818. The molecule has 3 saturated heterocycles. The molecule has 6 heterocycles. The second-order valence-corrected chi connectivity index (χ2v) is 18.9. The number of Topliss-reactive ketones (excluding diaryl/α,β-unsaturated/α-hetero) is 1. The number of carbonyl (C=O) groups is 4. The number of rotatable bonds is 14. The third-order valence-corrected chi connectivity index (χ3v) is 14.3. The van der Waals surface area contributed by atoms with Gasteiger partial charge in [0, 0.05) is 85.7 Å². The van der Waals surface area contributed by atoms with E-state index in [-0.39, 0.29) is 56.0 Å². The summed E-state index contributed by atoms with van der Waals surface area (Å²) in [6.45, 7) is 3.40. The molecule has 0 spiro atoms. The molecule has 65 heavy (non-hydrogen) atoms. The number of amides is 3. The number of hydrogen-bond acceptors (Lipinski definition) is 10. The molecule has 0 saturated carbocycles. The number of ether oxygens (including phenoxy) is 2. The number of H-pyrrole nitrogens is 1. The van der Waals surface area contributed by atoms with Gasteiger partial charge in [-0.05, 0) is 92.3 Å². The highest BCUT2D eigenvalue weighted by atomic mass is 32.2. The van der Waals surface area contributed by atoms with Crippen molar-refractivity contribution in [2.75, 3.05) is 44.3 Å². The number of imide groups is 1. The molecule has 9 rings (SSSR count). The maximum atomic E-state index is 16.0. The van der Waals surface area contributed by atoms with Crippen molar-refractivity contribution in [3.05, 3.63) is 101 Å². The van der Waals surface area contributed by atoms with Gasteiger partial charge in [-0.15, -0.1) is 0 Å². The topological polar surface area (TPSA) is 183 Å². The molecule has 2 aromatic carbocycles. The SMILES string of the molecule is CC1(F)C=CC(NS(=O)(=O)N2CC[C@@H](F)C2)=C(F)C1C(=O)c1c[nH]c2ncc(-c3ccc(N4CCC(OCCCOc5ccc6c(c5)CN(C5CCC(=O)NC5=O)C6=O)CC4)cc3)cc12. The van der Waals surface area contributed by atoms with Crippen molar-refractivity contribution in [2.45, 2.75) is 76.0 Å². The molecular weight excluding hydrogens is 868 g/mol. The molecule has 0 radical (unpaired) electrons. The molecule has 3 fully saturated rings. The number of piperidine rings is 2. The van der Waals surface area contributed by atoms with E-state index in [4.69, 9.17) is 9.47 Å². The lowest BCUT2D eigenvalue weighted by Gasteiger charge is -2.33. The van der Waals surface area contributed by atoms with Crippen LogP contribution in [-0.4, -0.2) is 114 Å². The minimum Gasteiger partial charge on any atom is -0.493 e. The van der Waals surface area contributed by atoms with E-state index in [0.29, 0.717) is 54.0 Å². The number of nitrogens with zero attached hydrogens (tertiary/aromatic N) is 4. The fraction of sp³-hybridized carbons (Fsp3) is 0.413. The molecule has 15 nitrogen and oxygen atoms in total. The highest BCUT2D eigenvalue weighted by Crippen LogP contribution is 2.40. The van der Waals surface area contributed by atoms with E-state index in [9.17, 15) is 32.0 Å². The Kier molecular flexibility index (Phi) is 12.0. The average molecular weight is 916 g/mol. The van der Waals surface area contributed by atoms with Crippen molar-refractivity contribution in [1.29, 1.82) is 0 Å². The highest BCUT2D eigenvalue weighted by molar-refractivity contribution is 7.87. The molecule has 1 aliphatic carbocycles. The van der Waals surface area contributed by atoms with E-state index >= 15 is 8.78 Å². The number of fused-ring (bicyclic) bond motifs is 2. The lowest BCUT2D eigenvalue weighted by atomic mass is 9.80. The van der Waals surface area contributed by atoms with Gasteiger partial charge in [-0.3, -0.25) is 29.2 Å². The zero-order chi connectivity index (χ0) is 45.6. The van der Waals surface area contributed by atoms with Gasteiger partial charge in [0.15, 0.2) is 5.78 Å². The summed E-state index contributed by atoms with van der Waals surface area (Å²) < 4.78 is 86.5. The summed E-state index contributed by atoms with van der Waals surface area (Å²) in [6.07, 6.45) is 6.48. The monoisotopic (exact) mass is 915 g/mol. The van der Waals surface area contributed by atoms with Crippen LogP contribution < -0.4 is 19.7 Å². The van der Waals surface area contributed by atoms with Gasteiger partial charge in [0.1, 0.15) is 41.0 Å². The van der Waals surface area contributed by atoms with Crippen LogP contribution in [0.4, 0.5) is 18.9 Å². The Hall–Kier alpha value is -6.05. The number of benzene rings is 2. The Morgan fingerprint density at radius 2 is 1.78 bits per heavy atom. The number of pyridine rings is 1. The summed E-state index contributed by atoms with van der Waals surface area (Å²) in [6, 6.07) is 14.2.